The van der Waals surface area contributed by atoms with Crippen molar-refractivity contribution in [1.82, 2.24) is 19.6 Å². The second kappa shape index (κ2) is 7.32. The minimum atomic E-state index is -0.278. The Hall–Kier alpha value is -2.38. The predicted octanol–water partition coefficient (Wildman–Crippen LogP) is 4.76. The van der Waals surface area contributed by atoms with Crippen molar-refractivity contribution < 1.29 is 0 Å². The molecule has 1 N–H and O–H groups in total. The van der Waals surface area contributed by atoms with Gasteiger partial charge in [0.15, 0.2) is 10.8 Å². The standard InChI is InChI=1S/C20H17BrN4OS/c1-12-3-7-15(8-4-12)17-13(2)24-25-18(17)22-19(23-20(25)26)27-11-14-5-9-16(21)10-6-14/h3-10H,11H2,1-2H3,(H,22,23,26). The summed E-state index contributed by atoms with van der Waals surface area (Å²) in [5.74, 6) is 0.722. The fraction of sp³-hybridized carbons (Fsp3) is 0.150. The number of nitrogens with one attached hydrogen (secondary N) is 1. The second-order valence-electron chi connectivity index (χ2n) is 6.32. The summed E-state index contributed by atoms with van der Waals surface area (Å²) in [7, 11) is 0. The predicted molar refractivity (Wildman–Crippen MR) is 112 cm³/mol. The maximum absolute atomic E-state index is 12.5. The van der Waals surface area contributed by atoms with Gasteiger partial charge in [0.1, 0.15) is 0 Å². The van der Waals surface area contributed by atoms with E-state index >= 15 is 0 Å². The zero-order valence-electron chi connectivity index (χ0n) is 14.9. The molecular formula is C20H17BrN4OS. The number of hydrogen-bond acceptors (Lipinski definition) is 4. The van der Waals surface area contributed by atoms with Crippen LogP contribution in [0.2, 0.25) is 0 Å². The van der Waals surface area contributed by atoms with E-state index in [0.717, 1.165) is 32.6 Å². The number of aryl methyl sites for hydroxylation is 2. The van der Waals surface area contributed by atoms with Crippen LogP contribution in [0.15, 0.2) is 63.0 Å². The van der Waals surface area contributed by atoms with Crippen molar-refractivity contribution in [2.75, 3.05) is 0 Å². The Labute approximate surface area is 169 Å². The minimum Gasteiger partial charge on any atom is -0.285 e. The van der Waals surface area contributed by atoms with E-state index in [1.54, 1.807) is 0 Å². The van der Waals surface area contributed by atoms with Crippen molar-refractivity contribution in [3.63, 3.8) is 0 Å². The molecule has 0 radical (unpaired) electrons. The number of nitrogens with zero attached hydrogens (tertiary/aromatic N) is 3. The van der Waals surface area contributed by atoms with Gasteiger partial charge in [-0.25, -0.2) is 9.78 Å². The molecule has 2 aromatic heterocycles. The average molecular weight is 441 g/mol. The van der Waals surface area contributed by atoms with Crippen molar-refractivity contribution in [2.45, 2.75) is 24.8 Å². The minimum absolute atomic E-state index is 0.278. The maximum Gasteiger partial charge on any atom is 0.350 e. The molecule has 0 saturated heterocycles. The van der Waals surface area contributed by atoms with E-state index in [1.165, 1.54) is 21.8 Å². The van der Waals surface area contributed by atoms with Gasteiger partial charge in [-0.15, -0.1) is 0 Å². The molecule has 0 spiro atoms. The fourth-order valence-electron chi connectivity index (χ4n) is 2.89. The van der Waals surface area contributed by atoms with E-state index < -0.39 is 0 Å². The van der Waals surface area contributed by atoms with Crippen LogP contribution in [0.5, 0.6) is 0 Å². The van der Waals surface area contributed by atoms with Gasteiger partial charge in [0.05, 0.1) is 5.69 Å². The number of benzene rings is 2. The van der Waals surface area contributed by atoms with Crippen LogP contribution in [0.4, 0.5) is 0 Å². The fourth-order valence-corrected chi connectivity index (χ4v) is 3.96. The number of aromatic nitrogens is 4. The first kappa shape index (κ1) is 18.0. The third-order valence-corrected chi connectivity index (χ3v) is 5.75. The van der Waals surface area contributed by atoms with E-state index in [-0.39, 0.29) is 5.69 Å². The van der Waals surface area contributed by atoms with Gasteiger partial charge < -0.3 is 0 Å². The second-order valence-corrected chi connectivity index (χ2v) is 8.20. The zero-order valence-corrected chi connectivity index (χ0v) is 17.3. The highest BCUT2D eigenvalue weighted by Crippen LogP contribution is 2.28. The molecule has 0 aliphatic heterocycles. The van der Waals surface area contributed by atoms with Gasteiger partial charge in [-0.1, -0.05) is 69.7 Å². The molecule has 136 valence electrons. The molecule has 0 amide bonds. The highest BCUT2D eigenvalue weighted by molar-refractivity contribution is 9.10. The molecule has 27 heavy (non-hydrogen) atoms. The molecule has 7 heteroatoms. The van der Waals surface area contributed by atoms with Crippen molar-refractivity contribution >= 4 is 33.3 Å². The number of halogens is 1. The van der Waals surface area contributed by atoms with Crippen molar-refractivity contribution in [1.29, 1.82) is 0 Å². The first-order valence-electron chi connectivity index (χ1n) is 8.45. The van der Waals surface area contributed by atoms with Crippen LogP contribution in [-0.4, -0.2) is 19.6 Å². The number of fused-ring (bicyclic) bond motifs is 1. The van der Waals surface area contributed by atoms with Crippen LogP contribution in [0.3, 0.4) is 0 Å². The summed E-state index contributed by atoms with van der Waals surface area (Å²) < 4.78 is 2.38. The smallest absolute Gasteiger partial charge is 0.285 e. The molecule has 2 aromatic carbocycles. The van der Waals surface area contributed by atoms with E-state index in [9.17, 15) is 4.79 Å². The van der Waals surface area contributed by atoms with Gasteiger partial charge in [-0.3, -0.25) is 4.98 Å². The highest BCUT2D eigenvalue weighted by Gasteiger charge is 2.16. The van der Waals surface area contributed by atoms with Crippen molar-refractivity contribution in [2.24, 2.45) is 0 Å². The summed E-state index contributed by atoms with van der Waals surface area (Å²) >= 11 is 4.94. The molecule has 0 unspecified atom stereocenters. The lowest BCUT2D eigenvalue weighted by molar-refractivity contribution is 0.780. The van der Waals surface area contributed by atoms with Crippen molar-refractivity contribution in [3.8, 4) is 11.1 Å². The average Bonchev–Trinajstić information content (AvgIpc) is 2.99. The molecule has 4 aromatic rings. The van der Waals surface area contributed by atoms with E-state index in [2.05, 4.69) is 55.3 Å². The van der Waals surface area contributed by atoms with Gasteiger partial charge in [0, 0.05) is 15.8 Å². The molecule has 0 aliphatic carbocycles. The molecular weight excluding hydrogens is 424 g/mol. The summed E-state index contributed by atoms with van der Waals surface area (Å²) in [6.45, 7) is 3.95. The van der Waals surface area contributed by atoms with Crippen LogP contribution in [0.1, 0.15) is 16.8 Å². The third-order valence-electron chi connectivity index (χ3n) is 4.28. The van der Waals surface area contributed by atoms with E-state index in [1.807, 2.05) is 38.1 Å². The number of rotatable bonds is 4. The Morgan fingerprint density at radius 2 is 1.78 bits per heavy atom. The monoisotopic (exact) mass is 440 g/mol. The van der Waals surface area contributed by atoms with Gasteiger partial charge in [0.25, 0.3) is 0 Å². The van der Waals surface area contributed by atoms with Crippen molar-refractivity contribution in [3.05, 3.63) is 80.3 Å². The molecule has 2 heterocycles. The first-order valence-corrected chi connectivity index (χ1v) is 10.2. The number of H-pyrrole nitrogens is 1. The van der Waals surface area contributed by atoms with Crippen LogP contribution < -0.4 is 5.69 Å². The van der Waals surface area contributed by atoms with Crippen LogP contribution >= 0.6 is 27.7 Å². The lowest BCUT2D eigenvalue weighted by atomic mass is 10.0. The van der Waals surface area contributed by atoms with Gasteiger partial charge in [-0.05, 0) is 37.1 Å². The summed E-state index contributed by atoms with van der Waals surface area (Å²) in [4.78, 5) is 20.0. The largest absolute Gasteiger partial charge is 0.350 e. The molecule has 0 saturated carbocycles. The topological polar surface area (TPSA) is 63.1 Å². The molecule has 0 fully saturated rings. The summed E-state index contributed by atoms with van der Waals surface area (Å²) in [6.07, 6.45) is 0. The molecule has 0 bridgehead atoms. The SMILES string of the molecule is Cc1ccc(-c2c(C)nn3c(=O)[nH]c(SCc4ccc(Br)cc4)nc23)cc1. The molecule has 0 atom stereocenters. The lowest BCUT2D eigenvalue weighted by Crippen LogP contribution is -2.19. The van der Waals surface area contributed by atoms with Crippen LogP contribution in [0, 0.1) is 13.8 Å². The molecule has 4 rings (SSSR count). The Morgan fingerprint density at radius 1 is 1.07 bits per heavy atom. The molecule has 5 nitrogen and oxygen atoms in total. The summed E-state index contributed by atoms with van der Waals surface area (Å²) in [6, 6.07) is 16.3. The van der Waals surface area contributed by atoms with Gasteiger partial charge >= 0.3 is 5.69 Å². The normalized spacial score (nSPS) is 11.2. The Morgan fingerprint density at radius 3 is 2.48 bits per heavy atom. The maximum atomic E-state index is 12.5. The quantitative estimate of drug-likeness (QED) is 0.464. The summed E-state index contributed by atoms with van der Waals surface area (Å²) in [5.41, 5.74) is 5.34. The third kappa shape index (κ3) is 3.70. The van der Waals surface area contributed by atoms with Crippen LogP contribution in [0.25, 0.3) is 16.8 Å². The Bertz CT molecular complexity index is 1160. The van der Waals surface area contributed by atoms with E-state index in [4.69, 9.17) is 0 Å². The highest BCUT2D eigenvalue weighted by atomic mass is 79.9. The first-order chi connectivity index (χ1) is 13.0. The van der Waals surface area contributed by atoms with E-state index in [0.29, 0.717) is 10.8 Å². The summed E-state index contributed by atoms with van der Waals surface area (Å²) in [5, 5.41) is 4.96. The number of thioether (sulfide) groups is 1. The molecule has 0 aliphatic rings. The van der Waals surface area contributed by atoms with Gasteiger partial charge in [-0.2, -0.15) is 9.61 Å². The zero-order chi connectivity index (χ0) is 19.0. The number of hydrogen-bond donors (Lipinski definition) is 1. The Balaban J connectivity index is 1.73. The Kier molecular flexibility index (Phi) is 4.88. The lowest BCUT2D eigenvalue weighted by Gasteiger charge is -2.04. The number of aromatic amines is 1. The van der Waals surface area contributed by atoms with Gasteiger partial charge in [0.2, 0.25) is 0 Å². The van der Waals surface area contributed by atoms with Crippen LogP contribution in [-0.2, 0) is 5.75 Å².